The minimum absolute atomic E-state index is 0.735. The number of hydrogen-bond donors (Lipinski definition) is 2. The molecule has 0 radical (unpaired) electrons. The highest BCUT2D eigenvalue weighted by molar-refractivity contribution is 5.78. The van der Waals surface area contributed by atoms with E-state index in [4.69, 9.17) is 5.73 Å². The molecule has 0 atom stereocenters. The van der Waals surface area contributed by atoms with Crippen molar-refractivity contribution in [2.45, 2.75) is 6.54 Å². The zero-order valence-electron chi connectivity index (χ0n) is 10.8. The second-order valence-electron chi connectivity index (χ2n) is 4.65. The average molecular weight is 252 g/mol. The molecule has 0 saturated carbocycles. The van der Waals surface area contributed by atoms with Crippen LogP contribution in [-0.4, -0.2) is 17.0 Å². The molecule has 0 bridgehead atoms. The summed E-state index contributed by atoms with van der Waals surface area (Å²) in [4.78, 5) is 10.0. The number of aromatic nitrogens is 2. The number of nitrogens with zero attached hydrogens (tertiary/aromatic N) is 2. The van der Waals surface area contributed by atoms with Gasteiger partial charge in [-0.2, -0.15) is 0 Å². The molecule has 3 aromatic rings. The average Bonchev–Trinajstić information content (AvgIpc) is 2.81. The molecular weight excluding hydrogens is 236 g/mol. The molecule has 0 aliphatic rings. The van der Waals surface area contributed by atoms with Gasteiger partial charge in [0.25, 0.3) is 0 Å². The maximum atomic E-state index is 5.77. The molecular formula is C15H16N4. The smallest absolute Gasteiger partial charge is 0.126 e. The summed E-state index contributed by atoms with van der Waals surface area (Å²) in [7, 11) is 2.05. The van der Waals surface area contributed by atoms with Crippen LogP contribution in [0.3, 0.4) is 0 Å². The second-order valence-corrected chi connectivity index (χ2v) is 4.65. The van der Waals surface area contributed by atoms with E-state index in [-0.39, 0.29) is 0 Å². The van der Waals surface area contributed by atoms with Crippen molar-refractivity contribution in [3.8, 4) is 0 Å². The van der Waals surface area contributed by atoms with E-state index in [9.17, 15) is 0 Å². The van der Waals surface area contributed by atoms with Gasteiger partial charge >= 0.3 is 0 Å². The number of benzene rings is 2. The Morgan fingerprint density at radius 1 is 1.16 bits per heavy atom. The van der Waals surface area contributed by atoms with Crippen LogP contribution in [0.1, 0.15) is 5.82 Å². The van der Waals surface area contributed by atoms with Crippen LogP contribution in [0.4, 0.5) is 11.4 Å². The molecule has 3 rings (SSSR count). The topological polar surface area (TPSA) is 57.9 Å². The lowest BCUT2D eigenvalue weighted by Crippen LogP contribution is -2.16. The number of nitrogens with one attached hydrogen (secondary N) is 1. The van der Waals surface area contributed by atoms with Crippen molar-refractivity contribution in [1.82, 2.24) is 9.97 Å². The minimum atomic E-state index is 0.735. The second kappa shape index (κ2) is 4.65. The van der Waals surface area contributed by atoms with Crippen LogP contribution in [-0.2, 0) is 6.54 Å². The van der Waals surface area contributed by atoms with E-state index in [2.05, 4.69) is 34.0 Å². The fourth-order valence-corrected chi connectivity index (χ4v) is 2.15. The first-order chi connectivity index (χ1) is 9.22. The third kappa shape index (κ3) is 2.38. The number of anilines is 2. The summed E-state index contributed by atoms with van der Waals surface area (Å²) in [5.41, 5.74) is 9.62. The monoisotopic (exact) mass is 252 g/mol. The van der Waals surface area contributed by atoms with Crippen LogP contribution in [0.5, 0.6) is 0 Å². The van der Waals surface area contributed by atoms with Gasteiger partial charge in [-0.1, -0.05) is 18.2 Å². The van der Waals surface area contributed by atoms with Crippen LogP contribution in [0.25, 0.3) is 11.0 Å². The van der Waals surface area contributed by atoms with E-state index in [0.717, 1.165) is 29.1 Å². The van der Waals surface area contributed by atoms with Crippen LogP contribution >= 0.6 is 0 Å². The Bertz CT molecular complexity index is 688. The number of imidazole rings is 1. The molecule has 4 heteroatoms. The summed E-state index contributed by atoms with van der Waals surface area (Å²) in [6.07, 6.45) is 0. The normalized spacial score (nSPS) is 10.8. The SMILES string of the molecule is CN(Cc1nc2ccc(N)cc2[nH]1)c1ccccc1. The van der Waals surface area contributed by atoms with Crippen molar-refractivity contribution >= 4 is 22.4 Å². The van der Waals surface area contributed by atoms with E-state index in [1.165, 1.54) is 5.69 Å². The molecule has 0 aliphatic carbocycles. The van der Waals surface area contributed by atoms with Crippen LogP contribution in [0, 0.1) is 0 Å². The van der Waals surface area contributed by atoms with Crippen molar-refractivity contribution < 1.29 is 0 Å². The molecule has 0 saturated heterocycles. The van der Waals surface area contributed by atoms with Crippen LogP contribution in [0.2, 0.25) is 0 Å². The van der Waals surface area contributed by atoms with Crippen molar-refractivity contribution in [3.05, 3.63) is 54.4 Å². The van der Waals surface area contributed by atoms with Crippen LogP contribution < -0.4 is 10.6 Å². The van der Waals surface area contributed by atoms with Gasteiger partial charge in [-0.05, 0) is 30.3 Å². The maximum Gasteiger partial charge on any atom is 0.126 e. The molecule has 96 valence electrons. The van der Waals surface area contributed by atoms with Gasteiger partial charge in [0.1, 0.15) is 5.82 Å². The van der Waals surface area contributed by atoms with E-state index >= 15 is 0 Å². The lowest BCUT2D eigenvalue weighted by Gasteiger charge is -2.17. The van der Waals surface area contributed by atoms with Crippen LogP contribution in [0.15, 0.2) is 48.5 Å². The summed E-state index contributed by atoms with van der Waals surface area (Å²) in [6.45, 7) is 0.735. The molecule has 19 heavy (non-hydrogen) atoms. The number of rotatable bonds is 3. The Kier molecular flexibility index (Phi) is 2.83. The number of hydrogen-bond acceptors (Lipinski definition) is 3. The van der Waals surface area contributed by atoms with E-state index in [1.807, 2.05) is 36.4 Å². The predicted molar refractivity (Wildman–Crippen MR) is 79.1 cm³/mol. The van der Waals surface area contributed by atoms with Gasteiger partial charge in [-0.3, -0.25) is 0 Å². The molecule has 3 N–H and O–H groups in total. The number of para-hydroxylation sites is 1. The van der Waals surface area contributed by atoms with Crippen molar-refractivity contribution in [3.63, 3.8) is 0 Å². The largest absolute Gasteiger partial charge is 0.399 e. The maximum absolute atomic E-state index is 5.77. The number of H-pyrrole nitrogens is 1. The fourth-order valence-electron chi connectivity index (χ4n) is 2.15. The molecule has 4 nitrogen and oxygen atoms in total. The standard InChI is InChI=1S/C15H16N4/c1-19(12-5-3-2-4-6-12)10-15-17-13-8-7-11(16)9-14(13)18-15/h2-9H,10,16H2,1H3,(H,17,18). The lowest BCUT2D eigenvalue weighted by atomic mass is 10.3. The molecule has 1 heterocycles. The van der Waals surface area contributed by atoms with E-state index < -0.39 is 0 Å². The van der Waals surface area contributed by atoms with Gasteiger partial charge in [-0.25, -0.2) is 4.98 Å². The number of nitrogen functional groups attached to an aromatic ring is 1. The minimum Gasteiger partial charge on any atom is -0.399 e. The predicted octanol–water partition coefficient (Wildman–Crippen LogP) is 2.78. The summed E-state index contributed by atoms with van der Waals surface area (Å²) < 4.78 is 0. The highest BCUT2D eigenvalue weighted by Gasteiger charge is 2.06. The Hall–Kier alpha value is -2.49. The summed E-state index contributed by atoms with van der Waals surface area (Å²) >= 11 is 0. The van der Waals surface area contributed by atoms with E-state index in [0.29, 0.717) is 0 Å². The third-order valence-corrected chi connectivity index (χ3v) is 3.14. The van der Waals surface area contributed by atoms with Crippen molar-refractivity contribution in [2.24, 2.45) is 0 Å². The van der Waals surface area contributed by atoms with Gasteiger partial charge < -0.3 is 15.6 Å². The number of fused-ring (bicyclic) bond motifs is 1. The summed E-state index contributed by atoms with van der Waals surface area (Å²) in [5, 5.41) is 0. The molecule has 0 aliphatic heterocycles. The zero-order chi connectivity index (χ0) is 13.2. The Morgan fingerprint density at radius 2 is 1.95 bits per heavy atom. The molecule has 0 unspecified atom stereocenters. The summed E-state index contributed by atoms with van der Waals surface area (Å²) in [5.74, 6) is 0.937. The van der Waals surface area contributed by atoms with Crippen molar-refractivity contribution in [2.75, 3.05) is 17.7 Å². The van der Waals surface area contributed by atoms with Gasteiger partial charge in [-0.15, -0.1) is 0 Å². The first kappa shape index (κ1) is 11.6. The van der Waals surface area contributed by atoms with Gasteiger partial charge in [0.15, 0.2) is 0 Å². The lowest BCUT2D eigenvalue weighted by molar-refractivity contribution is 0.864. The molecule has 0 amide bonds. The van der Waals surface area contributed by atoms with Crippen molar-refractivity contribution in [1.29, 1.82) is 0 Å². The molecule has 1 aromatic heterocycles. The number of nitrogens with two attached hydrogens (primary N) is 1. The number of aromatic amines is 1. The quantitative estimate of drug-likeness (QED) is 0.705. The molecule has 0 fully saturated rings. The molecule has 2 aromatic carbocycles. The zero-order valence-corrected chi connectivity index (χ0v) is 10.8. The molecule has 0 spiro atoms. The Morgan fingerprint density at radius 3 is 2.74 bits per heavy atom. The van der Waals surface area contributed by atoms with Gasteiger partial charge in [0.05, 0.1) is 17.6 Å². The van der Waals surface area contributed by atoms with Gasteiger partial charge in [0, 0.05) is 18.4 Å². The van der Waals surface area contributed by atoms with E-state index in [1.54, 1.807) is 0 Å². The Labute approximate surface area is 111 Å². The Balaban J connectivity index is 1.85. The van der Waals surface area contributed by atoms with Gasteiger partial charge in [0.2, 0.25) is 0 Å². The third-order valence-electron chi connectivity index (χ3n) is 3.14. The highest BCUT2D eigenvalue weighted by Crippen LogP contribution is 2.17. The fraction of sp³-hybridized carbons (Fsp3) is 0.133. The highest BCUT2D eigenvalue weighted by atomic mass is 15.1. The first-order valence-electron chi connectivity index (χ1n) is 6.23. The first-order valence-corrected chi connectivity index (χ1v) is 6.23. The summed E-state index contributed by atoms with van der Waals surface area (Å²) in [6, 6.07) is 16.0.